The first kappa shape index (κ1) is 26.4. The van der Waals surface area contributed by atoms with Gasteiger partial charge in [-0.2, -0.15) is 0 Å². The Morgan fingerprint density at radius 1 is 0.950 bits per heavy atom. The Balaban J connectivity index is 1.26. The number of benzene rings is 2. The molecule has 2 aliphatic heterocycles. The second-order valence-electron chi connectivity index (χ2n) is 11.7. The van der Waals surface area contributed by atoms with Gasteiger partial charge in [-0.05, 0) is 92.4 Å². The normalized spacial score (nSPS) is 20.0. The Hall–Kier alpha value is -2.55. The first-order chi connectivity index (χ1) is 19.6. The van der Waals surface area contributed by atoms with Crippen molar-refractivity contribution in [2.24, 2.45) is 0 Å². The molecule has 1 saturated heterocycles. The number of aromatic amines is 1. The summed E-state index contributed by atoms with van der Waals surface area (Å²) in [6, 6.07) is 15.0. The quantitative estimate of drug-likeness (QED) is 0.190. The highest BCUT2D eigenvalue weighted by atomic mass is 79.9. The molecule has 1 aliphatic carbocycles. The van der Waals surface area contributed by atoms with E-state index in [1.165, 1.54) is 62.6 Å². The van der Waals surface area contributed by atoms with Gasteiger partial charge in [-0.25, -0.2) is 0 Å². The maximum absolute atomic E-state index is 11.6. The third kappa shape index (κ3) is 4.72. The Kier molecular flexibility index (Phi) is 7.27. The van der Waals surface area contributed by atoms with Gasteiger partial charge in [0.1, 0.15) is 18.4 Å². The molecule has 2 fully saturated rings. The lowest BCUT2D eigenvalue weighted by atomic mass is 9.93. The molecule has 2 aromatic carbocycles. The smallest absolute Gasteiger partial charge is 0.214 e. The summed E-state index contributed by atoms with van der Waals surface area (Å²) in [7, 11) is 0. The fourth-order valence-electron chi connectivity index (χ4n) is 7.17. The van der Waals surface area contributed by atoms with Gasteiger partial charge in [-0.3, -0.25) is 9.47 Å². The van der Waals surface area contributed by atoms with Gasteiger partial charge < -0.3 is 19.4 Å². The molecule has 40 heavy (non-hydrogen) atoms. The molecule has 2 aromatic heterocycles. The summed E-state index contributed by atoms with van der Waals surface area (Å²) >= 11 is 9.82. The van der Waals surface area contributed by atoms with E-state index in [1.54, 1.807) is 0 Å². The maximum atomic E-state index is 11.6. The number of rotatable bonds is 6. The topological polar surface area (TPSA) is 58.4 Å². The first-order valence-electron chi connectivity index (χ1n) is 14.9. The van der Waals surface area contributed by atoms with Gasteiger partial charge in [-0.15, -0.1) is 0 Å². The van der Waals surface area contributed by atoms with E-state index in [9.17, 15) is 5.11 Å². The molecule has 3 aliphatic rings. The molecule has 1 saturated carbocycles. The van der Waals surface area contributed by atoms with Crippen LogP contribution in [0.3, 0.4) is 0 Å². The highest BCUT2D eigenvalue weighted by Crippen LogP contribution is 2.45. The van der Waals surface area contributed by atoms with Crippen LogP contribution in [0.15, 0.2) is 46.9 Å². The lowest BCUT2D eigenvalue weighted by molar-refractivity contribution is 0.183. The van der Waals surface area contributed by atoms with Crippen molar-refractivity contribution in [2.45, 2.75) is 69.9 Å². The second kappa shape index (κ2) is 11.0. The number of imidazole rings is 1. The van der Waals surface area contributed by atoms with E-state index in [0.29, 0.717) is 18.9 Å². The number of aromatic hydroxyl groups is 1. The van der Waals surface area contributed by atoms with Crippen LogP contribution in [0.25, 0.3) is 10.9 Å². The minimum Gasteiger partial charge on any atom is -0.493 e. The Morgan fingerprint density at radius 2 is 1.70 bits per heavy atom. The highest BCUT2D eigenvalue weighted by molar-refractivity contribution is 9.10. The maximum Gasteiger partial charge on any atom is 0.214 e. The van der Waals surface area contributed by atoms with Crippen LogP contribution in [0.2, 0.25) is 0 Å². The van der Waals surface area contributed by atoms with Crippen molar-refractivity contribution in [3.8, 4) is 11.6 Å². The van der Waals surface area contributed by atoms with Crippen molar-refractivity contribution < 1.29 is 9.84 Å². The van der Waals surface area contributed by atoms with Crippen LogP contribution >= 0.6 is 28.1 Å². The molecule has 0 bridgehead atoms. The van der Waals surface area contributed by atoms with Crippen molar-refractivity contribution in [3.63, 3.8) is 0 Å². The largest absolute Gasteiger partial charge is 0.493 e. The monoisotopic (exact) mass is 620 g/mol. The SMILES string of the molecule is Oc1c2n(c(=S)n1C1CCCCC1)C(c1ccc(OCCN3CCCCC3)cc1)c1[nH]c3ccc(Br)cc3c1C2. The van der Waals surface area contributed by atoms with Gasteiger partial charge >= 0.3 is 0 Å². The number of ether oxygens (including phenoxy) is 1. The van der Waals surface area contributed by atoms with Crippen LogP contribution in [-0.2, 0) is 6.42 Å². The van der Waals surface area contributed by atoms with Gasteiger partial charge in [0.25, 0.3) is 0 Å². The number of piperidine rings is 1. The van der Waals surface area contributed by atoms with Crippen molar-refractivity contribution in [1.29, 1.82) is 0 Å². The number of likely N-dealkylation sites (tertiary alicyclic amines) is 1. The minimum atomic E-state index is -0.143. The van der Waals surface area contributed by atoms with Gasteiger partial charge in [-0.1, -0.05) is 53.7 Å². The van der Waals surface area contributed by atoms with Crippen molar-refractivity contribution in [2.75, 3.05) is 26.2 Å². The van der Waals surface area contributed by atoms with Crippen LogP contribution in [0.4, 0.5) is 0 Å². The summed E-state index contributed by atoms with van der Waals surface area (Å²) in [6.07, 6.45) is 10.4. The average molecular weight is 622 g/mol. The molecule has 1 atom stereocenters. The standard InChI is InChI=1S/C32H37BrN4O2S/c33-22-11-14-27-25(19-22)26-20-28-31(38)36(23-7-3-1-4-8-23)32(40)37(28)30(29(26)34-27)21-9-12-24(13-10-21)39-18-17-35-15-5-2-6-16-35/h9-14,19,23,30,34,38H,1-8,15-18,20H2. The molecule has 4 aromatic rings. The number of halogens is 1. The number of hydrogen-bond acceptors (Lipinski definition) is 4. The van der Waals surface area contributed by atoms with E-state index in [1.807, 2.05) is 0 Å². The van der Waals surface area contributed by atoms with E-state index in [0.717, 1.165) is 56.8 Å². The molecular weight excluding hydrogens is 584 g/mol. The Labute approximate surface area is 249 Å². The summed E-state index contributed by atoms with van der Waals surface area (Å²) < 4.78 is 12.2. The first-order valence-corrected chi connectivity index (χ1v) is 16.1. The van der Waals surface area contributed by atoms with Gasteiger partial charge in [0.05, 0.1) is 5.69 Å². The van der Waals surface area contributed by atoms with Crippen LogP contribution in [0, 0.1) is 4.77 Å². The average Bonchev–Trinajstić information content (AvgIpc) is 3.47. The predicted octanol–water partition coefficient (Wildman–Crippen LogP) is 7.88. The van der Waals surface area contributed by atoms with Gasteiger partial charge in [0.15, 0.2) is 4.77 Å². The summed E-state index contributed by atoms with van der Waals surface area (Å²) in [5.74, 6) is 1.23. The van der Waals surface area contributed by atoms with E-state index in [2.05, 4.69) is 77.4 Å². The number of H-pyrrole nitrogens is 1. The van der Waals surface area contributed by atoms with Gasteiger partial charge in [0, 0.05) is 40.1 Å². The molecule has 2 N–H and O–H groups in total. The summed E-state index contributed by atoms with van der Waals surface area (Å²) in [6.45, 7) is 4.05. The van der Waals surface area contributed by atoms with E-state index in [4.69, 9.17) is 17.0 Å². The van der Waals surface area contributed by atoms with Crippen LogP contribution in [0.5, 0.6) is 11.6 Å². The Bertz CT molecular complexity index is 1580. The van der Waals surface area contributed by atoms with E-state index >= 15 is 0 Å². The summed E-state index contributed by atoms with van der Waals surface area (Å²) in [5, 5.41) is 12.8. The van der Waals surface area contributed by atoms with Crippen LogP contribution < -0.4 is 4.74 Å². The molecule has 6 nitrogen and oxygen atoms in total. The fraction of sp³-hybridized carbons (Fsp3) is 0.469. The third-order valence-electron chi connectivity index (χ3n) is 9.23. The molecule has 7 rings (SSSR count). The zero-order chi connectivity index (χ0) is 27.2. The van der Waals surface area contributed by atoms with Crippen molar-refractivity contribution in [3.05, 3.63) is 74.2 Å². The zero-order valence-corrected chi connectivity index (χ0v) is 25.3. The number of fused-ring (bicyclic) bond motifs is 4. The number of aromatic nitrogens is 3. The second-order valence-corrected chi connectivity index (χ2v) is 13.0. The van der Waals surface area contributed by atoms with Crippen molar-refractivity contribution >= 4 is 39.1 Å². The molecule has 1 unspecified atom stereocenters. The summed E-state index contributed by atoms with van der Waals surface area (Å²) in [4.78, 5) is 6.24. The predicted molar refractivity (Wildman–Crippen MR) is 165 cm³/mol. The molecule has 4 heterocycles. The number of hydrogen-bond donors (Lipinski definition) is 2. The minimum absolute atomic E-state index is 0.143. The third-order valence-corrected chi connectivity index (χ3v) is 10.1. The highest BCUT2D eigenvalue weighted by Gasteiger charge is 2.36. The molecule has 210 valence electrons. The molecule has 0 radical (unpaired) electrons. The van der Waals surface area contributed by atoms with Gasteiger partial charge in [0.2, 0.25) is 5.88 Å². The lowest BCUT2D eigenvalue weighted by Crippen LogP contribution is -2.33. The fourth-order valence-corrected chi connectivity index (χ4v) is 7.98. The Morgan fingerprint density at radius 3 is 2.48 bits per heavy atom. The molecule has 0 amide bonds. The molecular formula is C32H37BrN4O2S. The summed E-state index contributed by atoms with van der Waals surface area (Å²) in [5.41, 5.74) is 5.53. The van der Waals surface area contributed by atoms with Crippen molar-refractivity contribution in [1.82, 2.24) is 19.0 Å². The lowest BCUT2D eigenvalue weighted by Gasteiger charge is -2.27. The van der Waals surface area contributed by atoms with Crippen LogP contribution in [-0.4, -0.2) is 50.4 Å². The number of nitrogens with one attached hydrogen (secondary N) is 1. The van der Waals surface area contributed by atoms with E-state index in [-0.39, 0.29) is 12.1 Å². The van der Waals surface area contributed by atoms with Crippen LogP contribution in [0.1, 0.15) is 86.0 Å². The van der Waals surface area contributed by atoms with E-state index < -0.39 is 0 Å². The zero-order valence-electron chi connectivity index (χ0n) is 22.9. The molecule has 8 heteroatoms. The molecule has 0 spiro atoms. The number of nitrogens with zero attached hydrogens (tertiary/aromatic N) is 3.